The van der Waals surface area contributed by atoms with Crippen LogP contribution in [0, 0.1) is 0 Å². The number of aryl methyl sites for hydroxylation is 1. The van der Waals surface area contributed by atoms with Crippen molar-refractivity contribution in [3.63, 3.8) is 0 Å². The molecular weight excluding hydrogens is 480 g/mol. The van der Waals surface area contributed by atoms with Gasteiger partial charge in [0.25, 0.3) is 5.91 Å². The highest BCUT2D eigenvalue weighted by molar-refractivity contribution is 6.42. The van der Waals surface area contributed by atoms with Crippen molar-refractivity contribution < 1.29 is 27.9 Å². The molecule has 0 spiro atoms. The molecule has 3 rings (SSSR count). The Kier molecular flexibility index (Phi) is 6.45. The Bertz CT molecular complexity index is 1190. The average molecular weight is 494 g/mol. The van der Waals surface area contributed by atoms with Crippen LogP contribution in [0.25, 0.3) is 10.9 Å². The highest BCUT2D eigenvalue weighted by Crippen LogP contribution is 2.36. The molecule has 11 heteroatoms. The second-order valence-corrected chi connectivity index (χ2v) is 7.81. The summed E-state index contributed by atoms with van der Waals surface area (Å²) in [6.07, 6.45) is -4.81. The van der Waals surface area contributed by atoms with Crippen molar-refractivity contribution in [2.75, 3.05) is 0 Å². The van der Waals surface area contributed by atoms with Gasteiger partial charge in [-0.3, -0.25) is 4.79 Å². The van der Waals surface area contributed by atoms with Crippen LogP contribution < -0.4 is 5.32 Å². The van der Waals surface area contributed by atoms with Gasteiger partial charge >= 0.3 is 12.1 Å². The molecule has 164 valence electrons. The molecule has 1 aromatic heterocycles. The molecule has 1 heterocycles. The Morgan fingerprint density at radius 2 is 1.74 bits per heavy atom. The molecule has 0 aliphatic carbocycles. The molecule has 1 amide bonds. The quantitative estimate of drug-likeness (QED) is 0.435. The molecule has 3 aromatic rings. The minimum atomic E-state index is -4.81. The number of carbonyl (C=O) groups is 2. The number of rotatable bonds is 5. The highest BCUT2D eigenvalue weighted by Gasteiger charge is 2.42. The van der Waals surface area contributed by atoms with Crippen molar-refractivity contribution >= 4 is 57.6 Å². The third-order valence-corrected chi connectivity index (χ3v) is 5.70. The molecule has 0 aliphatic heterocycles. The van der Waals surface area contributed by atoms with Crippen LogP contribution in [0.4, 0.5) is 13.2 Å². The Morgan fingerprint density at radius 1 is 1.06 bits per heavy atom. The average Bonchev–Trinajstić information content (AvgIpc) is 3.04. The maximum absolute atomic E-state index is 13.7. The van der Waals surface area contributed by atoms with Gasteiger partial charge in [-0.05, 0) is 42.8 Å². The zero-order chi connectivity index (χ0) is 23.1. The summed E-state index contributed by atoms with van der Waals surface area (Å²) in [5, 5.41) is 11.5. The Balaban J connectivity index is 2.05. The molecule has 31 heavy (non-hydrogen) atoms. The number of alkyl halides is 3. The van der Waals surface area contributed by atoms with Gasteiger partial charge in [0, 0.05) is 11.9 Å². The lowest BCUT2D eigenvalue weighted by Gasteiger charge is -2.22. The standard InChI is InChI=1S/C20H14Cl3F3N2O3/c1-2-28-15-8-13(22)11(19(30)31)5-10(15)7-16(28)18(29)27-17(20(24,25)26)9-3-4-12(21)14(23)6-9/h3-8,17H,2H2,1H3,(H,27,29)(H,30,31). The van der Waals surface area contributed by atoms with E-state index in [1.807, 2.05) is 5.32 Å². The molecule has 1 atom stereocenters. The number of halogens is 6. The molecule has 0 bridgehead atoms. The maximum Gasteiger partial charge on any atom is 0.412 e. The van der Waals surface area contributed by atoms with Gasteiger partial charge in [-0.2, -0.15) is 13.2 Å². The van der Waals surface area contributed by atoms with E-state index in [2.05, 4.69) is 0 Å². The van der Waals surface area contributed by atoms with Crippen LogP contribution in [-0.2, 0) is 6.54 Å². The number of hydrogen-bond acceptors (Lipinski definition) is 2. The van der Waals surface area contributed by atoms with Gasteiger partial charge in [0.15, 0.2) is 6.04 Å². The first-order chi connectivity index (χ1) is 14.4. The summed E-state index contributed by atoms with van der Waals surface area (Å²) in [5.74, 6) is -2.27. The first-order valence-electron chi connectivity index (χ1n) is 8.82. The summed E-state index contributed by atoms with van der Waals surface area (Å²) in [4.78, 5) is 24.1. The van der Waals surface area contributed by atoms with Crippen molar-refractivity contribution in [1.29, 1.82) is 0 Å². The lowest BCUT2D eigenvalue weighted by Crippen LogP contribution is -2.38. The molecule has 5 nitrogen and oxygen atoms in total. The Labute approximate surface area is 189 Å². The Hall–Kier alpha value is -2.42. The summed E-state index contributed by atoms with van der Waals surface area (Å²) < 4.78 is 42.6. The van der Waals surface area contributed by atoms with Crippen LogP contribution in [0.5, 0.6) is 0 Å². The molecule has 0 fully saturated rings. The van der Waals surface area contributed by atoms with E-state index in [4.69, 9.17) is 34.8 Å². The summed E-state index contributed by atoms with van der Waals surface area (Å²) >= 11 is 17.6. The number of nitrogens with one attached hydrogen (secondary N) is 1. The molecular formula is C20H14Cl3F3N2O3. The Morgan fingerprint density at radius 3 is 2.29 bits per heavy atom. The topological polar surface area (TPSA) is 71.3 Å². The number of fused-ring (bicyclic) bond motifs is 1. The van der Waals surface area contributed by atoms with Crippen LogP contribution in [0.15, 0.2) is 36.4 Å². The predicted octanol–water partition coefficient (Wildman–Crippen LogP) is 6.35. The van der Waals surface area contributed by atoms with E-state index in [-0.39, 0.29) is 38.4 Å². The van der Waals surface area contributed by atoms with Crippen LogP contribution >= 0.6 is 34.8 Å². The number of benzene rings is 2. The van der Waals surface area contributed by atoms with E-state index >= 15 is 0 Å². The number of nitrogens with zero attached hydrogens (tertiary/aromatic N) is 1. The van der Waals surface area contributed by atoms with Crippen molar-refractivity contribution in [2.24, 2.45) is 0 Å². The molecule has 2 N–H and O–H groups in total. The van der Waals surface area contributed by atoms with Gasteiger partial charge in [-0.1, -0.05) is 40.9 Å². The second-order valence-electron chi connectivity index (χ2n) is 6.59. The third kappa shape index (κ3) is 4.61. The SMILES string of the molecule is CCn1c(C(=O)NC(c2ccc(Cl)c(Cl)c2)C(F)(F)F)cc2cc(C(=O)O)c(Cl)cc21. The minimum Gasteiger partial charge on any atom is -0.478 e. The van der Waals surface area contributed by atoms with Crippen molar-refractivity contribution in [3.8, 4) is 0 Å². The highest BCUT2D eigenvalue weighted by atomic mass is 35.5. The van der Waals surface area contributed by atoms with E-state index in [0.717, 1.165) is 12.1 Å². The fourth-order valence-electron chi connectivity index (χ4n) is 3.23. The lowest BCUT2D eigenvalue weighted by atomic mass is 10.1. The smallest absolute Gasteiger partial charge is 0.412 e. The third-order valence-electron chi connectivity index (χ3n) is 4.65. The fourth-order valence-corrected chi connectivity index (χ4v) is 3.77. The number of carboxylic acids is 1. The number of aromatic carboxylic acids is 1. The molecule has 2 aromatic carbocycles. The fraction of sp³-hybridized carbons (Fsp3) is 0.200. The number of carbonyl (C=O) groups excluding carboxylic acids is 1. The minimum absolute atomic E-state index is 0.0521. The molecule has 0 radical (unpaired) electrons. The lowest BCUT2D eigenvalue weighted by molar-refractivity contribution is -0.155. The normalized spacial score (nSPS) is 12.7. The van der Waals surface area contributed by atoms with Gasteiger partial charge in [0.05, 0.1) is 26.1 Å². The van der Waals surface area contributed by atoms with Crippen LogP contribution in [0.3, 0.4) is 0 Å². The van der Waals surface area contributed by atoms with Crippen LogP contribution in [0.1, 0.15) is 39.4 Å². The van der Waals surface area contributed by atoms with E-state index < -0.39 is 24.1 Å². The van der Waals surface area contributed by atoms with Gasteiger partial charge in [0.2, 0.25) is 0 Å². The van der Waals surface area contributed by atoms with Crippen molar-refractivity contribution in [3.05, 3.63) is 68.3 Å². The predicted molar refractivity (Wildman–Crippen MR) is 112 cm³/mol. The van der Waals surface area contributed by atoms with E-state index in [1.165, 1.54) is 28.8 Å². The summed E-state index contributed by atoms with van der Waals surface area (Å²) in [7, 11) is 0. The number of amides is 1. The van der Waals surface area contributed by atoms with Crippen molar-refractivity contribution in [2.45, 2.75) is 25.7 Å². The summed E-state index contributed by atoms with van der Waals surface area (Å²) in [6, 6.07) is 4.99. The van der Waals surface area contributed by atoms with Gasteiger partial charge < -0.3 is 15.0 Å². The first-order valence-corrected chi connectivity index (χ1v) is 9.96. The molecule has 1 unspecified atom stereocenters. The molecule has 0 saturated carbocycles. The van der Waals surface area contributed by atoms with E-state index in [9.17, 15) is 27.9 Å². The number of aromatic nitrogens is 1. The summed E-state index contributed by atoms with van der Waals surface area (Å²) in [5.41, 5.74) is -0.130. The number of hydrogen-bond donors (Lipinski definition) is 2. The van der Waals surface area contributed by atoms with Crippen LogP contribution in [-0.4, -0.2) is 27.7 Å². The molecule has 0 saturated heterocycles. The second kappa shape index (κ2) is 8.61. The maximum atomic E-state index is 13.7. The zero-order valence-electron chi connectivity index (χ0n) is 15.7. The largest absolute Gasteiger partial charge is 0.478 e. The first kappa shape index (κ1) is 23.2. The van der Waals surface area contributed by atoms with Gasteiger partial charge in [0.1, 0.15) is 5.69 Å². The zero-order valence-corrected chi connectivity index (χ0v) is 18.0. The monoisotopic (exact) mass is 492 g/mol. The summed E-state index contributed by atoms with van der Waals surface area (Å²) in [6.45, 7) is 1.92. The number of carboxylic acid groups (broad SMARTS) is 1. The van der Waals surface area contributed by atoms with Crippen molar-refractivity contribution in [1.82, 2.24) is 9.88 Å². The van der Waals surface area contributed by atoms with Gasteiger partial charge in [-0.15, -0.1) is 0 Å². The van der Waals surface area contributed by atoms with E-state index in [1.54, 1.807) is 6.92 Å². The van der Waals surface area contributed by atoms with Gasteiger partial charge in [-0.25, -0.2) is 4.79 Å². The van der Waals surface area contributed by atoms with E-state index in [0.29, 0.717) is 10.9 Å². The van der Waals surface area contributed by atoms with Crippen LogP contribution in [0.2, 0.25) is 15.1 Å². The molecule has 0 aliphatic rings.